The quantitative estimate of drug-likeness (QED) is 0.935. The Morgan fingerprint density at radius 3 is 2.62 bits per heavy atom. The van der Waals surface area contributed by atoms with Crippen LogP contribution in [0.1, 0.15) is 11.5 Å². The van der Waals surface area contributed by atoms with Crippen LogP contribution in [0.25, 0.3) is 0 Å². The number of carbonyl (C=O) groups is 1. The van der Waals surface area contributed by atoms with Crippen LogP contribution in [0.2, 0.25) is 0 Å². The maximum Gasteiger partial charge on any atom is 0.260 e. The highest BCUT2D eigenvalue weighted by Gasteiger charge is 2.33. The molecule has 0 aliphatic carbocycles. The van der Waals surface area contributed by atoms with Crippen molar-refractivity contribution in [1.29, 1.82) is 0 Å². The van der Waals surface area contributed by atoms with E-state index in [4.69, 9.17) is 10.5 Å². The zero-order valence-electron chi connectivity index (χ0n) is 13.0. The van der Waals surface area contributed by atoms with E-state index in [0.29, 0.717) is 13.1 Å². The number of hydrogen-bond acceptors (Lipinski definition) is 3. The van der Waals surface area contributed by atoms with Gasteiger partial charge in [-0.05, 0) is 17.7 Å². The van der Waals surface area contributed by atoms with Gasteiger partial charge in [0.1, 0.15) is 5.82 Å². The fourth-order valence-corrected chi connectivity index (χ4v) is 2.91. The molecule has 6 heteroatoms. The molecule has 3 rings (SSSR count). The van der Waals surface area contributed by atoms with Crippen LogP contribution < -0.4 is 10.5 Å². The first-order chi connectivity index (χ1) is 11.5. The lowest BCUT2D eigenvalue weighted by molar-refractivity contribution is -0.132. The molecule has 0 aromatic heterocycles. The molecule has 1 saturated heterocycles. The van der Waals surface area contributed by atoms with E-state index in [1.165, 1.54) is 6.07 Å². The van der Waals surface area contributed by atoms with Gasteiger partial charge in [0.15, 0.2) is 18.2 Å². The van der Waals surface area contributed by atoms with Gasteiger partial charge >= 0.3 is 0 Å². The molecule has 1 amide bonds. The third-order valence-electron chi connectivity index (χ3n) is 4.19. The van der Waals surface area contributed by atoms with Crippen molar-refractivity contribution in [2.75, 3.05) is 19.7 Å². The Kier molecular flexibility index (Phi) is 4.76. The second-order valence-electron chi connectivity index (χ2n) is 5.84. The lowest BCUT2D eigenvalue weighted by Gasteiger charge is -2.17. The maximum absolute atomic E-state index is 13.5. The van der Waals surface area contributed by atoms with Crippen LogP contribution in [-0.2, 0) is 4.79 Å². The van der Waals surface area contributed by atoms with Crippen LogP contribution in [0.3, 0.4) is 0 Å². The largest absolute Gasteiger partial charge is 0.481 e. The van der Waals surface area contributed by atoms with Crippen molar-refractivity contribution >= 4 is 5.91 Å². The van der Waals surface area contributed by atoms with Crippen molar-refractivity contribution in [3.05, 3.63) is 65.7 Å². The van der Waals surface area contributed by atoms with Crippen molar-refractivity contribution in [2.45, 2.75) is 12.0 Å². The Bertz CT molecular complexity index is 724. The van der Waals surface area contributed by atoms with E-state index in [1.54, 1.807) is 4.90 Å². The van der Waals surface area contributed by atoms with Gasteiger partial charge in [0.05, 0.1) is 0 Å². The van der Waals surface area contributed by atoms with Crippen molar-refractivity contribution < 1.29 is 18.3 Å². The highest BCUT2D eigenvalue weighted by molar-refractivity contribution is 5.78. The van der Waals surface area contributed by atoms with E-state index >= 15 is 0 Å². The van der Waals surface area contributed by atoms with Crippen LogP contribution in [0.15, 0.2) is 48.5 Å². The summed E-state index contributed by atoms with van der Waals surface area (Å²) in [6.07, 6.45) is 0. The van der Waals surface area contributed by atoms with Crippen molar-refractivity contribution in [3.63, 3.8) is 0 Å². The third-order valence-corrected chi connectivity index (χ3v) is 4.19. The zero-order valence-corrected chi connectivity index (χ0v) is 13.0. The number of carbonyl (C=O) groups excluding carboxylic acids is 1. The molecule has 0 bridgehead atoms. The van der Waals surface area contributed by atoms with Gasteiger partial charge in [0.25, 0.3) is 5.91 Å². The van der Waals surface area contributed by atoms with Crippen molar-refractivity contribution in [3.8, 4) is 5.75 Å². The molecule has 2 aromatic rings. The number of hydrogen-bond donors (Lipinski definition) is 1. The second-order valence-corrected chi connectivity index (χ2v) is 5.84. The summed E-state index contributed by atoms with van der Waals surface area (Å²) in [6, 6.07) is 12.6. The van der Waals surface area contributed by atoms with Crippen LogP contribution in [0.4, 0.5) is 8.78 Å². The normalized spacial score (nSPS) is 20.2. The lowest BCUT2D eigenvalue weighted by atomic mass is 9.95. The summed E-state index contributed by atoms with van der Waals surface area (Å²) in [5.41, 5.74) is 7.24. The van der Waals surface area contributed by atoms with Crippen molar-refractivity contribution in [2.24, 2.45) is 5.73 Å². The van der Waals surface area contributed by atoms with E-state index in [-0.39, 0.29) is 30.2 Å². The minimum absolute atomic E-state index is 0.0673. The molecular weight excluding hydrogens is 314 g/mol. The van der Waals surface area contributed by atoms with Gasteiger partial charge in [0, 0.05) is 31.1 Å². The van der Waals surface area contributed by atoms with E-state index in [1.807, 2.05) is 30.3 Å². The number of ether oxygens (including phenoxy) is 1. The Morgan fingerprint density at radius 2 is 1.92 bits per heavy atom. The number of rotatable bonds is 4. The van der Waals surface area contributed by atoms with Gasteiger partial charge in [-0.2, -0.15) is 0 Å². The minimum atomic E-state index is -0.830. The second kappa shape index (κ2) is 6.97. The summed E-state index contributed by atoms with van der Waals surface area (Å²) in [6.45, 7) is 0.615. The lowest BCUT2D eigenvalue weighted by Crippen LogP contribution is -2.35. The average Bonchev–Trinajstić information content (AvgIpc) is 2.96. The van der Waals surface area contributed by atoms with Crippen LogP contribution in [0.5, 0.6) is 5.75 Å². The monoisotopic (exact) mass is 332 g/mol. The first-order valence-electron chi connectivity index (χ1n) is 7.71. The average molecular weight is 332 g/mol. The summed E-state index contributed by atoms with van der Waals surface area (Å²) in [5, 5.41) is 0. The Hall–Kier alpha value is -2.47. The zero-order chi connectivity index (χ0) is 17.1. The molecule has 2 aromatic carbocycles. The van der Waals surface area contributed by atoms with E-state index < -0.39 is 11.6 Å². The molecule has 0 radical (unpaired) electrons. The van der Waals surface area contributed by atoms with Crippen LogP contribution in [0, 0.1) is 11.6 Å². The van der Waals surface area contributed by atoms with Gasteiger partial charge in [-0.25, -0.2) is 8.78 Å². The molecular formula is C18H18F2N2O2. The summed E-state index contributed by atoms with van der Waals surface area (Å²) < 4.78 is 31.5. The smallest absolute Gasteiger partial charge is 0.260 e. The van der Waals surface area contributed by atoms with E-state index in [0.717, 1.165) is 17.7 Å². The fourth-order valence-electron chi connectivity index (χ4n) is 2.91. The topological polar surface area (TPSA) is 55.6 Å². The van der Waals surface area contributed by atoms with Gasteiger partial charge < -0.3 is 15.4 Å². The SMILES string of the molecule is N[C@@H]1CN(C(=O)COc2ccc(F)cc2F)C[C@H]1c1ccccc1. The minimum Gasteiger partial charge on any atom is -0.481 e. The Balaban J connectivity index is 1.60. The highest BCUT2D eigenvalue weighted by Crippen LogP contribution is 2.26. The summed E-state index contributed by atoms with van der Waals surface area (Å²) in [7, 11) is 0. The molecule has 126 valence electrons. The fraction of sp³-hybridized carbons (Fsp3) is 0.278. The number of benzene rings is 2. The highest BCUT2D eigenvalue weighted by atomic mass is 19.1. The van der Waals surface area contributed by atoms with Gasteiger partial charge in [-0.3, -0.25) is 4.79 Å². The van der Waals surface area contributed by atoms with Crippen molar-refractivity contribution in [1.82, 2.24) is 4.90 Å². The Labute approximate surface area is 138 Å². The molecule has 24 heavy (non-hydrogen) atoms. The molecule has 0 spiro atoms. The molecule has 2 N–H and O–H groups in total. The van der Waals surface area contributed by atoms with Gasteiger partial charge in [-0.1, -0.05) is 30.3 Å². The first kappa shape index (κ1) is 16.4. The maximum atomic E-state index is 13.5. The molecule has 2 atom stereocenters. The molecule has 1 heterocycles. The number of nitrogens with zero attached hydrogens (tertiary/aromatic N) is 1. The summed E-state index contributed by atoms with van der Waals surface area (Å²) >= 11 is 0. The van der Waals surface area contributed by atoms with Crippen LogP contribution >= 0.6 is 0 Å². The molecule has 0 unspecified atom stereocenters. The number of amides is 1. The van der Waals surface area contributed by atoms with Gasteiger partial charge in [0.2, 0.25) is 0 Å². The van der Waals surface area contributed by atoms with Crippen LogP contribution in [-0.4, -0.2) is 36.5 Å². The number of halogens is 2. The predicted molar refractivity (Wildman–Crippen MR) is 85.6 cm³/mol. The summed E-state index contributed by atoms with van der Waals surface area (Å²) in [4.78, 5) is 13.9. The summed E-state index contributed by atoms with van der Waals surface area (Å²) in [5.74, 6) is -1.87. The van der Waals surface area contributed by atoms with E-state index in [9.17, 15) is 13.6 Å². The van der Waals surface area contributed by atoms with Gasteiger partial charge in [-0.15, -0.1) is 0 Å². The molecule has 1 aliphatic heterocycles. The molecule has 1 fully saturated rings. The Morgan fingerprint density at radius 1 is 1.17 bits per heavy atom. The number of nitrogens with two attached hydrogens (primary N) is 1. The van der Waals surface area contributed by atoms with E-state index in [2.05, 4.69) is 0 Å². The first-order valence-corrected chi connectivity index (χ1v) is 7.71. The molecule has 0 saturated carbocycles. The third kappa shape index (κ3) is 3.54. The standard InChI is InChI=1S/C18H18F2N2O2/c19-13-6-7-17(15(20)8-13)24-11-18(23)22-9-14(16(21)10-22)12-4-2-1-3-5-12/h1-8,14,16H,9-11,21H2/t14-,16+/m0/s1. The molecule has 1 aliphatic rings. The molecule has 4 nitrogen and oxygen atoms in total. The number of likely N-dealkylation sites (tertiary alicyclic amines) is 1. The predicted octanol–water partition coefficient (Wildman–Crippen LogP) is 2.30.